The SMILES string of the molecule is Cc1ccc2nc(N3C(=O)C(=O)/C(=C(/O)c4ccc5c(c4)C[C@H](C)O5)[C@H]3c3cccc([N+](=O)[O-])c3)sc2c1. The molecule has 190 valence electrons. The van der Waals surface area contributed by atoms with Gasteiger partial charge in [0.15, 0.2) is 5.13 Å². The summed E-state index contributed by atoms with van der Waals surface area (Å²) in [6, 6.07) is 15.4. The summed E-state index contributed by atoms with van der Waals surface area (Å²) in [7, 11) is 0. The number of aromatic nitrogens is 1. The predicted octanol–water partition coefficient (Wildman–Crippen LogP) is 5.46. The second-order valence-electron chi connectivity index (χ2n) is 9.44. The maximum absolute atomic E-state index is 13.5. The van der Waals surface area contributed by atoms with Gasteiger partial charge in [-0.25, -0.2) is 4.98 Å². The molecule has 6 rings (SSSR count). The lowest BCUT2D eigenvalue weighted by molar-refractivity contribution is -0.384. The zero-order valence-electron chi connectivity index (χ0n) is 20.4. The normalized spacial score (nSPS) is 20.1. The van der Waals surface area contributed by atoms with E-state index in [4.69, 9.17) is 4.74 Å². The molecule has 0 radical (unpaired) electrons. The van der Waals surface area contributed by atoms with Gasteiger partial charge >= 0.3 is 5.91 Å². The van der Waals surface area contributed by atoms with Gasteiger partial charge in [-0.1, -0.05) is 29.5 Å². The molecule has 0 bridgehead atoms. The molecule has 2 atom stereocenters. The van der Waals surface area contributed by atoms with Crippen molar-refractivity contribution in [3.05, 3.63) is 98.6 Å². The number of carbonyl (C=O) groups excluding carboxylic acids is 2. The molecule has 2 aliphatic heterocycles. The molecule has 1 aromatic heterocycles. The van der Waals surface area contributed by atoms with Crippen LogP contribution in [-0.4, -0.2) is 32.8 Å². The summed E-state index contributed by atoms with van der Waals surface area (Å²) in [4.78, 5) is 43.8. The molecule has 3 aromatic carbocycles. The third-order valence-electron chi connectivity index (χ3n) is 6.75. The number of aryl methyl sites for hydroxylation is 1. The Morgan fingerprint density at radius 1 is 1.16 bits per heavy atom. The minimum Gasteiger partial charge on any atom is -0.507 e. The van der Waals surface area contributed by atoms with Crippen LogP contribution in [0.2, 0.25) is 0 Å². The van der Waals surface area contributed by atoms with Crippen molar-refractivity contribution in [2.75, 3.05) is 4.90 Å². The smallest absolute Gasteiger partial charge is 0.301 e. The average Bonchev–Trinajstić information content (AvgIpc) is 3.55. The molecule has 9 nitrogen and oxygen atoms in total. The van der Waals surface area contributed by atoms with Crippen LogP contribution in [0.3, 0.4) is 0 Å². The largest absolute Gasteiger partial charge is 0.507 e. The minimum absolute atomic E-state index is 0.0134. The van der Waals surface area contributed by atoms with Crippen molar-refractivity contribution in [1.29, 1.82) is 0 Å². The molecule has 4 aromatic rings. The van der Waals surface area contributed by atoms with E-state index in [2.05, 4.69) is 4.98 Å². The Morgan fingerprint density at radius 2 is 1.97 bits per heavy atom. The van der Waals surface area contributed by atoms with Crippen LogP contribution >= 0.6 is 11.3 Å². The van der Waals surface area contributed by atoms with E-state index in [-0.39, 0.29) is 28.3 Å². The first-order valence-corrected chi connectivity index (χ1v) is 12.8. The topological polar surface area (TPSA) is 123 Å². The number of ether oxygens (including phenoxy) is 1. The molecule has 0 spiro atoms. The lowest BCUT2D eigenvalue weighted by atomic mass is 9.94. The van der Waals surface area contributed by atoms with Gasteiger partial charge in [0.1, 0.15) is 17.6 Å². The highest BCUT2D eigenvalue weighted by atomic mass is 32.1. The van der Waals surface area contributed by atoms with E-state index in [0.717, 1.165) is 15.8 Å². The van der Waals surface area contributed by atoms with E-state index >= 15 is 0 Å². The summed E-state index contributed by atoms with van der Waals surface area (Å²) in [6.07, 6.45) is 0.630. The number of fused-ring (bicyclic) bond motifs is 2. The van der Waals surface area contributed by atoms with Gasteiger partial charge in [-0.15, -0.1) is 0 Å². The van der Waals surface area contributed by atoms with Crippen molar-refractivity contribution >= 4 is 49.8 Å². The Hall–Kier alpha value is -4.57. The molecule has 1 fully saturated rings. The number of rotatable bonds is 4. The Labute approximate surface area is 220 Å². The number of Topliss-reactive ketones (excluding diaryl/α,β-unsaturated/α-hetero) is 1. The first kappa shape index (κ1) is 23.8. The lowest BCUT2D eigenvalue weighted by Gasteiger charge is -2.22. The number of hydrogen-bond acceptors (Lipinski definition) is 8. The quantitative estimate of drug-likeness (QED) is 0.123. The van der Waals surface area contributed by atoms with Gasteiger partial charge in [-0.05, 0) is 60.9 Å². The van der Waals surface area contributed by atoms with E-state index < -0.39 is 22.7 Å². The number of ketones is 1. The molecule has 3 heterocycles. The number of non-ortho nitro benzene ring substituents is 1. The Bertz CT molecular complexity index is 1710. The maximum atomic E-state index is 13.5. The second kappa shape index (κ2) is 8.77. The van der Waals surface area contributed by atoms with Crippen LogP contribution in [0, 0.1) is 17.0 Å². The first-order chi connectivity index (χ1) is 18.2. The van der Waals surface area contributed by atoms with Crippen LogP contribution in [-0.2, 0) is 16.0 Å². The van der Waals surface area contributed by atoms with Gasteiger partial charge in [0.05, 0.1) is 26.8 Å². The van der Waals surface area contributed by atoms with Gasteiger partial charge < -0.3 is 9.84 Å². The van der Waals surface area contributed by atoms with Gasteiger partial charge in [-0.2, -0.15) is 0 Å². The Morgan fingerprint density at radius 3 is 2.76 bits per heavy atom. The van der Waals surface area contributed by atoms with Crippen molar-refractivity contribution in [2.24, 2.45) is 0 Å². The number of benzene rings is 3. The van der Waals surface area contributed by atoms with Crippen molar-refractivity contribution in [3.63, 3.8) is 0 Å². The van der Waals surface area contributed by atoms with Crippen molar-refractivity contribution < 1.29 is 24.4 Å². The third kappa shape index (κ3) is 3.81. The minimum atomic E-state index is -1.11. The zero-order chi connectivity index (χ0) is 26.7. The summed E-state index contributed by atoms with van der Waals surface area (Å²) in [5, 5.41) is 23.3. The highest BCUT2D eigenvalue weighted by Gasteiger charge is 2.48. The molecule has 1 N–H and O–H groups in total. The maximum Gasteiger partial charge on any atom is 0.301 e. The average molecular weight is 528 g/mol. The Kier molecular flexibility index (Phi) is 5.50. The molecule has 1 amide bonds. The first-order valence-electron chi connectivity index (χ1n) is 11.9. The third-order valence-corrected chi connectivity index (χ3v) is 7.77. The summed E-state index contributed by atoms with van der Waals surface area (Å²) < 4.78 is 6.57. The number of amides is 1. The zero-order valence-corrected chi connectivity index (χ0v) is 21.2. The lowest BCUT2D eigenvalue weighted by Crippen LogP contribution is -2.29. The molecule has 38 heavy (non-hydrogen) atoms. The Balaban J connectivity index is 1.56. The highest BCUT2D eigenvalue weighted by Crippen LogP contribution is 2.45. The fourth-order valence-corrected chi connectivity index (χ4v) is 6.09. The fourth-order valence-electron chi connectivity index (χ4n) is 5.00. The van der Waals surface area contributed by atoms with E-state index in [1.54, 1.807) is 24.3 Å². The number of carbonyl (C=O) groups is 2. The van der Waals surface area contributed by atoms with E-state index in [1.165, 1.54) is 34.4 Å². The molecule has 1 saturated heterocycles. The number of anilines is 1. The second-order valence-corrected chi connectivity index (χ2v) is 10.5. The summed E-state index contributed by atoms with van der Waals surface area (Å²) in [6.45, 7) is 3.88. The van der Waals surface area contributed by atoms with Crippen LogP contribution in [0.4, 0.5) is 10.8 Å². The van der Waals surface area contributed by atoms with Gasteiger partial charge in [0, 0.05) is 24.1 Å². The fraction of sp³-hybridized carbons (Fsp3) is 0.179. The van der Waals surface area contributed by atoms with Crippen LogP contribution in [0.1, 0.15) is 35.2 Å². The number of nitrogens with zero attached hydrogens (tertiary/aromatic N) is 3. The molecular formula is C28H21N3O6S. The molecule has 0 unspecified atom stereocenters. The number of nitro groups is 1. The predicted molar refractivity (Wildman–Crippen MR) is 142 cm³/mol. The molecular weight excluding hydrogens is 506 g/mol. The molecule has 0 aliphatic carbocycles. The number of nitro benzene ring substituents is 1. The van der Waals surface area contributed by atoms with Crippen LogP contribution in [0.25, 0.3) is 16.0 Å². The van der Waals surface area contributed by atoms with Crippen LogP contribution < -0.4 is 9.64 Å². The molecule has 2 aliphatic rings. The van der Waals surface area contributed by atoms with Crippen molar-refractivity contribution in [1.82, 2.24) is 4.98 Å². The summed E-state index contributed by atoms with van der Waals surface area (Å²) in [5.74, 6) is -1.41. The van der Waals surface area contributed by atoms with Crippen molar-refractivity contribution in [3.8, 4) is 5.75 Å². The monoisotopic (exact) mass is 527 g/mol. The highest BCUT2D eigenvalue weighted by molar-refractivity contribution is 7.22. The number of hydrogen-bond donors (Lipinski definition) is 1. The molecule has 0 saturated carbocycles. The summed E-state index contributed by atoms with van der Waals surface area (Å²) in [5.41, 5.74) is 2.87. The van der Waals surface area contributed by atoms with E-state index in [0.29, 0.717) is 28.8 Å². The van der Waals surface area contributed by atoms with Crippen LogP contribution in [0.5, 0.6) is 5.75 Å². The number of thiazole rings is 1. The van der Waals surface area contributed by atoms with E-state index in [9.17, 15) is 24.8 Å². The summed E-state index contributed by atoms with van der Waals surface area (Å²) >= 11 is 1.24. The van der Waals surface area contributed by atoms with E-state index in [1.807, 2.05) is 32.0 Å². The number of aliphatic hydroxyl groups excluding tert-OH is 1. The van der Waals surface area contributed by atoms with Gasteiger partial charge in [-0.3, -0.25) is 24.6 Å². The molecule has 10 heteroatoms. The van der Waals surface area contributed by atoms with Gasteiger partial charge in [0.2, 0.25) is 0 Å². The van der Waals surface area contributed by atoms with Gasteiger partial charge in [0.25, 0.3) is 11.5 Å². The van der Waals surface area contributed by atoms with Crippen molar-refractivity contribution in [2.45, 2.75) is 32.4 Å². The number of aliphatic hydroxyl groups is 1. The standard InChI is InChI=1S/C28H21N3O6S/c1-14-6-8-20-22(10-14)38-28(29-20)30-24(16-4-3-5-19(13-16)31(35)36)23(26(33)27(30)34)25(32)17-7-9-21-18(12-17)11-15(2)37-21/h3-10,12-13,15,24,32H,11H2,1-2H3/b25-23+/t15-,24+/m0/s1. The van der Waals surface area contributed by atoms with Crippen LogP contribution in [0.15, 0.2) is 66.2 Å².